The number of nitrogen functional groups attached to an aromatic ring is 1. The van der Waals surface area contributed by atoms with E-state index in [1.165, 1.54) is 5.56 Å². The van der Waals surface area contributed by atoms with Crippen LogP contribution in [0.3, 0.4) is 0 Å². The first-order valence-electron chi connectivity index (χ1n) is 6.09. The number of anilines is 1. The molecule has 0 fully saturated rings. The van der Waals surface area contributed by atoms with Gasteiger partial charge in [0.2, 0.25) is 0 Å². The summed E-state index contributed by atoms with van der Waals surface area (Å²) in [6.07, 6.45) is 1.90. The normalized spacial score (nSPS) is 11.8. The molecule has 0 aliphatic heterocycles. The zero-order chi connectivity index (χ0) is 13.5. The van der Waals surface area contributed by atoms with E-state index in [1.807, 2.05) is 26.1 Å². The Bertz CT molecular complexity index is 559. The number of pyridine rings is 1. The van der Waals surface area contributed by atoms with Crippen molar-refractivity contribution in [2.24, 2.45) is 0 Å². The lowest BCUT2D eigenvalue weighted by Crippen LogP contribution is -2.12. The predicted octanol–water partition coefficient (Wildman–Crippen LogP) is 2.76. The van der Waals surface area contributed by atoms with E-state index in [0.717, 1.165) is 22.9 Å². The zero-order valence-electron chi connectivity index (χ0n) is 11.7. The minimum Gasteiger partial charge on any atom is -0.396 e. The summed E-state index contributed by atoms with van der Waals surface area (Å²) in [5.74, 6) is 0.806. The van der Waals surface area contributed by atoms with Gasteiger partial charge < -0.3 is 5.73 Å². The van der Waals surface area contributed by atoms with Gasteiger partial charge in [-0.1, -0.05) is 26.8 Å². The topological polar surface area (TPSA) is 56.7 Å². The van der Waals surface area contributed by atoms with Crippen molar-refractivity contribution >= 4 is 5.69 Å². The van der Waals surface area contributed by atoms with E-state index in [-0.39, 0.29) is 5.41 Å². The highest BCUT2D eigenvalue weighted by Gasteiger charge is 2.15. The summed E-state index contributed by atoms with van der Waals surface area (Å²) in [6, 6.07) is 4.08. The Morgan fingerprint density at radius 2 is 1.83 bits per heavy atom. The maximum Gasteiger partial charge on any atom is 0.153 e. The Labute approximate surface area is 108 Å². The van der Waals surface area contributed by atoms with Gasteiger partial charge in [-0.25, -0.2) is 9.67 Å². The summed E-state index contributed by atoms with van der Waals surface area (Å²) in [5, 5.41) is 4.40. The molecule has 2 N–H and O–H groups in total. The van der Waals surface area contributed by atoms with E-state index in [9.17, 15) is 0 Å². The van der Waals surface area contributed by atoms with Crippen LogP contribution >= 0.6 is 0 Å². The van der Waals surface area contributed by atoms with Crippen LogP contribution in [0.2, 0.25) is 0 Å². The first-order valence-corrected chi connectivity index (χ1v) is 6.09. The summed E-state index contributed by atoms with van der Waals surface area (Å²) < 4.78 is 1.79. The van der Waals surface area contributed by atoms with Gasteiger partial charge in [0.1, 0.15) is 0 Å². The summed E-state index contributed by atoms with van der Waals surface area (Å²) in [6.45, 7) is 10.4. The van der Waals surface area contributed by atoms with Gasteiger partial charge in [0.25, 0.3) is 0 Å². The molecule has 0 saturated carbocycles. The number of aryl methyl sites for hydroxylation is 1. The molecule has 2 rings (SSSR count). The quantitative estimate of drug-likeness (QED) is 0.839. The van der Waals surface area contributed by atoms with Crippen molar-refractivity contribution < 1.29 is 0 Å². The lowest BCUT2D eigenvalue weighted by Gasteiger charge is -2.18. The minimum atomic E-state index is 0.111. The van der Waals surface area contributed by atoms with Gasteiger partial charge in [0, 0.05) is 6.20 Å². The van der Waals surface area contributed by atoms with Crippen LogP contribution in [0.4, 0.5) is 5.69 Å². The molecule has 0 radical (unpaired) electrons. The fourth-order valence-corrected chi connectivity index (χ4v) is 1.83. The second-order valence-corrected chi connectivity index (χ2v) is 5.65. The number of rotatable bonds is 1. The average Bonchev–Trinajstić information content (AvgIpc) is 2.56. The molecule has 0 bridgehead atoms. The highest BCUT2D eigenvalue weighted by atomic mass is 15.3. The Morgan fingerprint density at radius 3 is 2.22 bits per heavy atom. The van der Waals surface area contributed by atoms with Crippen LogP contribution in [-0.4, -0.2) is 14.8 Å². The second kappa shape index (κ2) is 4.12. The average molecular weight is 244 g/mol. The molecule has 2 aromatic rings. The van der Waals surface area contributed by atoms with Gasteiger partial charge in [0.05, 0.1) is 17.1 Å². The Hall–Kier alpha value is -1.84. The standard InChI is InChI=1S/C14H20N4/c1-9-13(15)10(2)18(17-9)12-7-6-11(8-16-12)14(3,4)5/h6-8H,15H2,1-5H3. The highest BCUT2D eigenvalue weighted by Crippen LogP contribution is 2.23. The highest BCUT2D eigenvalue weighted by molar-refractivity contribution is 5.49. The van der Waals surface area contributed by atoms with Crippen molar-refractivity contribution in [1.82, 2.24) is 14.8 Å². The van der Waals surface area contributed by atoms with Gasteiger partial charge in [-0.2, -0.15) is 5.10 Å². The maximum atomic E-state index is 5.93. The van der Waals surface area contributed by atoms with Crippen molar-refractivity contribution in [3.63, 3.8) is 0 Å². The van der Waals surface area contributed by atoms with Crippen molar-refractivity contribution in [1.29, 1.82) is 0 Å². The van der Waals surface area contributed by atoms with E-state index < -0.39 is 0 Å². The molecule has 0 saturated heterocycles. The maximum absolute atomic E-state index is 5.93. The van der Waals surface area contributed by atoms with Crippen LogP contribution in [-0.2, 0) is 5.41 Å². The summed E-state index contributed by atoms with van der Waals surface area (Å²) in [5.41, 5.74) is 9.76. The molecule has 0 aromatic carbocycles. The minimum absolute atomic E-state index is 0.111. The molecule has 2 heterocycles. The van der Waals surface area contributed by atoms with Crippen molar-refractivity contribution in [2.45, 2.75) is 40.0 Å². The van der Waals surface area contributed by atoms with E-state index >= 15 is 0 Å². The first kappa shape index (κ1) is 12.6. The second-order valence-electron chi connectivity index (χ2n) is 5.65. The van der Waals surface area contributed by atoms with E-state index in [1.54, 1.807) is 4.68 Å². The van der Waals surface area contributed by atoms with Crippen molar-refractivity contribution in [2.75, 3.05) is 5.73 Å². The fourth-order valence-electron chi connectivity index (χ4n) is 1.83. The number of aromatic nitrogens is 3. The van der Waals surface area contributed by atoms with Gasteiger partial charge in [-0.15, -0.1) is 0 Å². The third-order valence-corrected chi connectivity index (χ3v) is 3.18. The van der Waals surface area contributed by atoms with E-state index in [4.69, 9.17) is 5.73 Å². The predicted molar refractivity (Wildman–Crippen MR) is 73.9 cm³/mol. The molecule has 0 aliphatic carbocycles. The molecule has 4 heteroatoms. The molecular weight excluding hydrogens is 224 g/mol. The summed E-state index contributed by atoms with van der Waals surface area (Å²) in [7, 11) is 0. The molecule has 0 atom stereocenters. The number of hydrogen-bond acceptors (Lipinski definition) is 3. The molecular formula is C14H20N4. The molecule has 0 amide bonds. The molecule has 96 valence electrons. The number of nitrogens with zero attached hydrogens (tertiary/aromatic N) is 3. The molecule has 2 aromatic heterocycles. The smallest absolute Gasteiger partial charge is 0.153 e. The van der Waals surface area contributed by atoms with E-state index in [2.05, 4.69) is 36.9 Å². The SMILES string of the molecule is Cc1nn(-c2ccc(C(C)(C)C)cn2)c(C)c1N. The first-order chi connectivity index (χ1) is 8.30. The van der Waals surface area contributed by atoms with Gasteiger partial charge in [-0.3, -0.25) is 0 Å². The molecule has 0 unspecified atom stereocenters. The molecule has 0 aliphatic rings. The lowest BCUT2D eigenvalue weighted by molar-refractivity contribution is 0.586. The Balaban J connectivity index is 2.44. The number of nitrogens with two attached hydrogens (primary N) is 1. The third kappa shape index (κ3) is 2.10. The van der Waals surface area contributed by atoms with Gasteiger partial charge in [0.15, 0.2) is 5.82 Å². The Kier molecular flexibility index (Phi) is 2.89. The van der Waals surface area contributed by atoms with Crippen molar-refractivity contribution in [3.8, 4) is 5.82 Å². The third-order valence-electron chi connectivity index (χ3n) is 3.18. The fraction of sp³-hybridized carbons (Fsp3) is 0.429. The van der Waals surface area contributed by atoms with Crippen LogP contribution < -0.4 is 5.73 Å². The summed E-state index contributed by atoms with van der Waals surface area (Å²) in [4.78, 5) is 4.48. The van der Waals surface area contributed by atoms with Crippen LogP contribution in [0.25, 0.3) is 5.82 Å². The largest absolute Gasteiger partial charge is 0.396 e. The van der Waals surface area contributed by atoms with Gasteiger partial charge in [-0.05, 0) is 30.9 Å². The van der Waals surface area contributed by atoms with Crippen LogP contribution in [0.15, 0.2) is 18.3 Å². The summed E-state index contributed by atoms with van der Waals surface area (Å²) >= 11 is 0. The molecule has 4 nitrogen and oxygen atoms in total. The molecule has 0 spiro atoms. The van der Waals surface area contributed by atoms with Crippen molar-refractivity contribution in [3.05, 3.63) is 35.3 Å². The van der Waals surface area contributed by atoms with Crippen LogP contribution in [0.1, 0.15) is 37.7 Å². The molecule has 18 heavy (non-hydrogen) atoms. The van der Waals surface area contributed by atoms with Crippen LogP contribution in [0.5, 0.6) is 0 Å². The Morgan fingerprint density at radius 1 is 1.17 bits per heavy atom. The monoisotopic (exact) mass is 244 g/mol. The van der Waals surface area contributed by atoms with E-state index in [0.29, 0.717) is 0 Å². The number of hydrogen-bond donors (Lipinski definition) is 1. The zero-order valence-corrected chi connectivity index (χ0v) is 11.7. The van der Waals surface area contributed by atoms with Gasteiger partial charge >= 0.3 is 0 Å². The van der Waals surface area contributed by atoms with Crippen LogP contribution in [0, 0.1) is 13.8 Å². The lowest BCUT2D eigenvalue weighted by atomic mass is 9.88.